The van der Waals surface area contributed by atoms with Crippen LogP contribution in [-0.2, 0) is 18.9 Å². The van der Waals surface area contributed by atoms with E-state index < -0.39 is 12.3 Å². The molecule has 0 aromatic heterocycles. The maximum atomic E-state index is 11.9. The molecule has 2 rings (SSSR count). The molecule has 1 aromatic carbocycles. The van der Waals surface area contributed by atoms with E-state index in [1.54, 1.807) is 52.0 Å². The molecule has 1 aliphatic rings. The van der Waals surface area contributed by atoms with Crippen LogP contribution in [0.15, 0.2) is 47.4 Å². The van der Waals surface area contributed by atoms with Gasteiger partial charge >= 0.3 is 12.3 Å². The van der Waals surface area contributed by atoms with E-state index in [9.17, 15) is 9.59 Å². The number of carbonyl (C=O) groups is 2. The van der Waals surface area contributed by atoms with Crippen molar-refractivity contribution >= 4 is 29.6 Å². The first-order chi connectivity index (χ1) is 12.9. The van der Waals surface area contributed by atoms with Crippen molar-refractivity contribution in [1.29, 1.82) is 0 Å². The first-order valence-corrected chi connectivity index (χ1v) is 8.68. The van der Waals surface area contributed by atoms with E-state index in [-0.39, 0.29) is 25.0 Å². The zero-order valence-corrected chi connectivity index (χ0v) is 16.3. The van der Waals surface area contributed by atoms with Gasteiger partial charge in [0.15, 0.2) is 0 Å². The average molecular weight is 397 g/mol. The van der Waals surface area contributed by atoms with Gasteiger partial charge in [-0.3, -0.25) is 0 Å². The summed E-state index contributed by atoms with van der Waals surface area (Å²) in [7, 11) is 0. The van der Waals surface area contributed by atoms with Gasteiger partial charge < -0.3 is 24.3 Å². The number of benzene rings is 1. The van der Waals surface area contributed by atoms with Gasteiger partial charge in [-0.15, -0.1) is 0 Å². The lowest BCUT2D eigenvalue weighted by Crippen LogP contribution is -2.37. The molecule has 1 heterocycles. The van der Waals surface area contributed by atoms with Crippen molar-refractivity contribution in [2.75, 3.05) is 18.1 Å². The molecule has 0 saturated carbocycles. The SMILES string of the molecule is CCOC(=O)OC1=C(C)NC(C)=C(OC(=O)OCC)N1c1cccc(Cl)c1. The highest BCUT2D eigenvalue weighted by Crippen LogP contribution is 2.33. The van der Waals surface area contributed by atoms with Crippen LogP contribution in [-0.4, -0.2) is 25.5 Å². The van der Waals surface area contributed by atoms with Gasteiger partial charge in [-0.05, 0) is 45.9 Å². The van der Waals surface area contributed by atoms with E-state index in [0.29, 0.717) is 22.1 Å². The van der Waals surface area contributed by atoms with Gasteiger partial charge in [0.25, 0.3) is 0 Å². The fraction of sp³-hybridized carbons (Fsp3) is 0.333. The number of rotatable bonds is 5. The molecule has 0 amide bonds. The van der Waals surface area contributed by atoms with Gasteiger partial charge in [-0.2, -0.15) is 0 Å². The second kappa shape index (κ2) is 9.18. The van der Waals surface area contributed by atoms with Crippen LogP contribution < -0.4 is 10.2 Å². The molecule has 0 saturated heterocycles. The Balaban J connectivity index is 2.49. The van der Waals surface area contributed by atoms with Gasteiger partial charge in [-0.1, -0.05) is 17.7 Å². The van der Waals surface area contributed by atoms with Gasteiger partial charge in [0, 0.05) is 5.02 Å². The Hall–Kier alpha value is -2.87. The average Bonchev–Trinajstić information content (AvgIpc) is 2.59. The van der Waals surface area contributed by atoms with Crippen molar-refractivity contribution in [1.82, 2.24) is 5.32 Å². The van der Waals surface area contributed by atoms with Crippen LogP contribution in [0, 0.1) is 0 Å². The maximum absolute atomic E-state index is 11.9. The van der Waals surface area contributed by atoms with Crippen LogP contribution in [0.5, 0.6) is 0 Å². The zero-order chi connectivity index (χ0) is 20.0. The van der Waals surface area contributed by atoms with Gasteiger partial charge in [0.2, 0.25) is 11.8 Å². The van der Waals surface area contributed by atoms with Crippen LogP contribution in [0.1, 0.15) is 27.7 Å². The van der Waals surface area contributed by atoms with E-state index in [2.05, 4.69) is 5.32 Å². The van der Waals surface area contributed by atoms with Crippen LogP contribution in [0.3, 0.4) is 0 Å². The molecule has 1 aromatic rings. The number of carbonyl (C=O) groups excluding carboxylic acids is 2. The zero-order valence-electron chi connectivity index (χ0n) is 15.5. The lowest BCUT2D eigenvalue weighted by atomic mass is 10.2. The maximum Gasteiger partial charge on any atom is 0.515 e. The largest absolute Gasteiger partial charge is 0.515 e. The lowest BCUT2D eigenvalue weighted by Gasteiger charge is -2.33. The summed E-state index contributed by atoms with van der Waals surface area (Å²) in [6.45, 7) is 7.03. The Bertz CT molecular complexity index is 748. The lowest BCUT2D eigenvalue weighted by molar-refractivity contribution is 0.0690. The summed E-state index contributed by atoms with van der Waals surface area (Å²) < 4.78 is 20.4. The van der Waals surface area contributed by atoms with Crippen molar-refractivity contribution in [3.05, 3.63) is 52.4 Å². The first-order valence-electron chi connectivity index (χ1n) is 8.31. The summed E-state index contributed by atoms with van der Waals surface area (Å²) in [6.07, 6.45) is -1.79. The molecule has 0 aliphatic carbocycles. The number of ether oxygens (including phenoxy) is 4. The summed E-state index contributed by atoms with van der Waals surface area (Å²) >= 11 is 6.10. The molecule has 0 atom stereocenters. The highest BCUT2D eigenvalue weighted by molar-refractivity contribution is 6.30. The molecule has 0 radical (unpaired) electrons. The van der Waals surface area contributed by atoms with Gasteiger partial charge in [-0.25, -0.2) is 14.5 Å². The van der Waals surface area contributed by atoms with Crippen molar-refractivity contribution in [3.63, 3.8) is 0 Å². The number of hydrogen-bond donors (Lipinski definition) is 1. The number of nitrogens with zero attached hydrogens (tertiary/aromatic N) is 1. The number of anilines is 1. The number of hydrogen-bond acceptors (Lipinski definition) is 8. The van der Waals surface area contributed by atoms with Crippen molar-refractivity contribution in [3.8, 4) is 0 Å². The minimum atomic E-state index is -0.893. The Morgan fingerprint density at radius 2 is 1.52 bits per heavy atom. The standard InChI is InChI=1S/C18H21ClN2O6/c1-5-24-17(22)26-15-11(3)20-12(4)16(27-18(23)25-6-2)21(15)14-9-7-8-13(19)10-14/h7-10,20H,5-6H2,1-4H3. The van der Waals surface area contributed by atoms with Crippen molar-refractivity contribution in [2.24, 2.45) is 0 Å². The third kappa shape index (κ3) is 5.07. The minimum absolute atomic E-state index is 0.0839. The predicted molar refractivity (Wildman–Crippen MR) is 98.7 cm³/mol. The third-order valence-electron chi connectivity index (χ3n) is 3.37. The summed E-state index contributed by atoms with van der Waals surface area (Å²) in [5.74, 6) is 0.168. The quantitative estimate of drug-likeness (QED) is 0.729. The highest BCUT2D eigenvalue weighted by atomic mass is 35.5. The number of nitrogens with one attached hydrogen (secondary N) is 1. The van der Waals surface area contributed by atoms with Crippen LogP contribution in [0.25, 0.3) is 0 Å². The summed E-state index contributed by atoms with van der Waals surface area (Å²) in [4.78, 5) is 25.3. The molecule has 1 aliphatic heterocycles. The first kappa shape index (κ1) is 20.4. The van der Waals surface area contributed by atoms with E-state index in [1.807, 2.05) is 0 Å². The van der Waals surface area contributed by atoms with Crippen molar-refractivity contribution in [2.45, 2.75) is 27.7 Å². The Morgan fingerprint density at radius 3 is 1.96 bits per heavy atom. The monoisotopic (exact) mass is 396 g/mol. The molecule has 8 nitrogen and oxygen atoms in total. The Labute approximate surface area is 162 Å². The van der Waals surface area contributed by atoms with Gasteiger partial charge in [0.05, 0.1) is 30.3 Å². The Kier molecular flexibility index (Phi) is 6.95. The molecule has 0 bridgehead atoms. The number of halogens is 1. The molecule has 9 heteroatoms. The Morgan fingerprint density at radius 1 is 1.00 bits per heavy atom. The second-order valence-electron chi connectivity index (χ2n) is 5.37. The van der Waals surface area contributed by atoms with Crippen LogP contribution in [0.2, 0.25) is 5.02 Å². The molecule has 1 N–H and O–H groups in total. The van der Waals surface area contributed by atoms with E-state index in [0.717, 1.165) is 0 Å². The second-order valence-corrected chi connectivity index (χ2v) is 5.81. The molecule has 27 heavy (non-hydrogen) atoms. The summed E-state index contributed by atoms with van der Waals surface area (Å²) in [5.41, 5.74) is 1.54. The highest BCUT2D eigenvalue weighted by Gasteiger charge is 2.32. The predicted octanol–water partition coefficient (Wildman–Crippen LogP) is 4.47. The third-order valence-corrected chi connectivity index (χ3v) is 3.61. The molecular weight excluding hydrogens is 376 g/mol. The topological polar surface area (TPSA) is 86.3 Å². The van der Waals surface area contributed by atoms with Crippen molar-refractivity contribution < 1.29 is 28.5 Å². The normalized spacial score (nSPS) is 13.9. The fourth-order valence-electron chi connectivity index (χ4n) is 2.36. The van der Waals surface area contributed by atoms with Gasteiger partial charge in [0.1, 0.15) is 0 Å². The van der Waals surface area contributed by atoms with E-state index in [1.165, 1.54) is 4.90 Å². The molecule has 146 valence electrons. The smallest absolute Gasteiger partial charge is 0.434 e. The minimum Gasteiger partial charge on any atom is -0.434 e. The molecular formula is C18H21ClN2O6. The van der Waals surface area contributed by atoms with Crippen LogP contribution >= 0.6 is 11.6 Å². The van der Waals surface area contributed by atoms with E-state index in [4.69, 9.17) is 30.5 Å². The van der Waals surface area contributed by atoms with Crippen LogP contribution in [0.4, 0.5) is 15.3 Å². The molecule has 0 fully saturated rings. The summed E-state index contributed by atoms with van der Waals surface area (Å²) in [6, 6.07) is 6.77. The summed E-state index contributed by atoms with van der Waals surface area (Å²) in [5, 5.41) is 3.46. The fourth-order valence-corrected chi connectivity index (χ4v) is 2.55. The molecule has 0 spiro atoms. The van der Waals surface area contributed by atoms with E-state index >= 15 is 0 Å². The molecule has 0 unspecified atom stereocenters. The number of allylic oxidation sites excluding steroid dienone is 2.